The molecule has 164 valence electrons. The molecule has 30 heavy (non-hydrogen) atoms. The summed E-state index contributed by atoms with van der Waals surface area (Å²) in [6, 6.07) is 7.54. The van der Waals surface area contributed by atoms with E-state index in [1.54, 1.807) is 27.7 Å². The third-order valence-electron chi connectivity index (χ3n) is 4.25. The highest BCUT2D eigenvalue weighted by atomic mass is 16.6. The first-order valence-corrected chi connectivity index (χ1v) is 10.3. The molecule has 0 aliphatic rings. The first kappa shape index (κ1) is 23.3. The van der Waals surface area contributed by atoms with Gasteiger partial charge in [-0.3, -0.25) is 0 Å². The Morgan fingerprint density at radius 1 is 1.00 bits per heavy atom. The smallest absolute Gasteiger partial charge is 0.355 e. The molecule has 0 unspecified atom stereocenters. The molecule has 0 saturated carbocycles. The Bertz CT molecular complexity index is 863. The van der Waals surface area contributed by atoms with Crippen LogP contribution in [0.15, 0.2) is 24.3 Å². The minimum Gasteiger partial charge on any atom is -0.494 e. The number of aromatic amines is 1. The molecule has 2 N–H and O–H groups in total. The zero-order valence-electron chi connectivity index (χ0n) is 18.7. The van der Waals surface area contributed by atoms with Gasteiger partial charge in [0.2, 0.25) is 0 Å². The molecule has 0 fully saturated rings. The molecular formula is C23H32N2O5. The normalized spacial score (nSPS) is 11.1. The molecule has 0 saturated heterocycles. The fraction of sp³-hybridized carbons (Fsp3) is 0.478. The van der Waals surface area contributed by atoms with Crippen molar-refractivity contribution in [2.45, 2.75) is 60.1 Å². The van der Waals surface area contributed by atoms with Crippen LogP contribution in [0, 0.1) is 0 Å². The lowest BCUT2D eigenvalue weighted by atomic mass is 10.1. The van der Waals surface area contributed by atoms with E-state index in [4.69, 9.17) is 14.2 Å². The number of aromatic nitrogens is 1. The molecule has 1 aromatic heterocycles. The number of carbonyl (C=O) groups excluding carboxylic acids is 2. The highest BCUT2D eigenvalue weighted by molar-refractivity contribution is 5.99. The maximum absolute atomic E-state index is 12.7. The van der Waals surface area contributed by atoms with Crippen molar-refractivity contribution in [3.63, 3.8) is 0 Å². The van der Waals surface area contributed by atoms with Crippen LogP contribution in [0.5, 0.6) is 5.75 Å². The maximum Gasteiger partial charge on any atom is 0.355 e. The van der Waals surface area contributed by atoms with Crippen LogP contribution in [-0.4, -0.2) is 35.7 Å². The van der Waals surface area contributed by atoms with E-state index in [-0.39, 0.29) is 6.61 Å². The van der Waals surface area contributed by atoms with E-state index in [1.807, 2.05) is 38.1 Å². The molecule has 0 bridgehead atoms. The number of esters is 2. The van der Waals surface area contributed by atoms with Gasteiger partial charge in [0.1, 0.15) is 17.0 Å². The molecule has 7 heteroatoms. The number of H-pyrrole nitrogens is 1. The van der Waals surface area contributed by atoms with Crippen molar-refractivity contribution in [3.8, 4) is 5.75 Å². The molecule has 0 amide bonds. The van der Waals surface area contributed by atoms with E-state index >= 15 is 0 Å². The Hall–Kier alpha value is -2.96. The van der Waals surface area contributed by atoms with Gasteiger partial charge in [-0.2, -0.15) is 0 Å². The number of nitrogens with one attached hydrogen (secondary N) is 2. The monoisotopic (exact) mass is 416 g/mol. The first-order chi connectivity index (χ1) is 14.2. The molecule has 1 heterocycles. The van der Waals surface area contributed by atoms with Gasteiger partial charge in [0.15, 0.2) is 0 Å². The predicted molar refractivity (Wildman–Crippen MR) is 116 cm³/mol. The number of anilines is 1. The van der Waals surface area contributed by atoms with Crippen molar-refractivity contribution >= 4 is 17.6 Å². The fourth-order valence-electron chi connectivity index (χ4n) is 3.06. The lowest BCUT2D eigenvalue weighted by molar-refractivity contribution is 0.00622. The van der Waals surface area contributed by atoms with Crippen LogP contribution in [0.25, 0.3) is 0 Å². The molecule has 2 rings (SSSR count). The van der Waals surface area contributed by atoms with Crippen molar-refractivity contribution in [2.75, 3.05) is 18.5 Å². The molecule has 0 aliphatic heterocycles. The summed E-state index contributed by atoms with van der Waals surface area (Å²) in [6.07, 6.45) is 0.488. The van der Waals surface area contributed by atoms with Crippen LogP contribution in [0.4, 0.5) is 5.69 Å². The van der Waals surface area contributed by atoms with Crippen LogP contribution < -0.4 is 10.1 Å². The van der Waals surface area contributed by atoms with Crippen molar-refractivity contribution in [2.24, 2.45) is 0 Å². The molecule has 0 spiro atoms. The Kier molecular flexibility index (Phi) is 7.92. The van der Waals surface area contributed by atoms with Gasteiger partial charge in [-0.25, -0.2) is 9.59 Å². The lowest BCUT2D eigenvalue weighted by Crippen LogP contribution is -2.24. The highest BCUT2D eigenvalue weighted by Gasteiger charge is 2.29. The van der Waals surface area contributed by atoms with Gasteiger partial charge in [0.25, 0.3) is 0 Å². The molecule has 0 radical (unpaired) electrons. The number of hydrogen-bond acceptors (Lipinski definition) is 6. The second-order valence-corrected chi connectivity index (χ2v) is 7.72. The second-order valence-electron chi connectivity index (χ2n) is 7.72. The van der Waals surface area contributed by atoms with Crippen LogP contribution >= 0.6 is 0 Å². The van der Waals surface area contributed by atoms with E-state index in [0.29, 0.717) is 42.1 Å². The van der Waals surface area contributed by atoms with Crippen LogP contribution in [-0.2, 0) is 22.4 Å². The first-order valence-electron chi connectivity index (χ1n) is 10.3. The summed E-state index contributed by atoms with van der Waals surface area (Å²) >= 11 is 0. The van der Waals surface area contributed by atoms with E-state index in [1.165, 1.54) is 0 Å². The van der Waals surface area contributed by atoms with Crippen LogP contribution in [0.2, 0.25) is 0 Å². The topological polar surface area (TPSA) is 89.7 Å². The summed E-state index contributed by atoms with van der Waals surface area (Å²) in [5.74, 6) is -0.156. The quantitative estimate of drug-likeness (QED) is 0.575. The predicted octanol–water partition coefficient (Wildman–Crippen LogP) is 4.72. The van der Waals surface area contributed by atoms with Gasteiger partial charge in [-0.15, -0.1) is 0 Å². The summed E-state index contributed by atoms with van der Waals surface area (Å²) in [5.41, 5.74) is 2.08. The van der Waals surface area contributed by atoms with Crippen molar-refractivity contribution < 1.29 is 23.8 Å². The van der Waals surface area contributed by atoms with Gasteiger partial charge in [-0.1, -0.05) is 6.92 Å². The standard InChI is InChI=1S/C23H32N2O5/c1-7-17-19(21(26)29-9-3)18(25-20(17)22(27)30-23(4,5)6)14-24-15-10-12-16(13-11-15)28-8-2/h10-13,24-25H,7-9,14H2,1-6H3. The minimum atomic E-state index is -0.641. The summed E-state index contributed by atoms with van der Waals surface area (Å²) in [5, 5.41) is 3.27. The molecule has 7 nitrogen and oxygen atoms in total. The number of ether oxygens (including phenoxy) is 3. The summed E-state index contributed by atoms with van der Waals surface area (Å²) < 4.78 is 16.2. The molecule has 1 aromatic carbocycles. The van der Waals surface area contributed by atoms with E-state index in [9.17, 15) is 9.59 Å². The van der Waals surface area contributed by atoms with Crippen LogP contribution in [0.3, 0.4) is 0 Å². The summed E-state index contributed by atoms with van der Waals surface area (Å²) in [4.78, 5) is 28.5. The van der Waals surface area contributed by atoms with E-state index in [2.05, 4.69) is 10.3 Å². The van der Waals surface area contributed by atoms with Gasteiger partial charge >= 0.3 is 11.9 Å². The molecule has 0 atom stereocenters. The largest absolute Gasteiger partial charge is 0.494 e. The van der Waals surface area contributed by atoms with Gasteiger partial charge in [-0.05, 0) is 70.9 Å². The number of hydrogen-bond donors (Lipinski definition) is 2. The average Bonchev–Trinajstić information content (AvgIpc) is 3.05. The van der Waals surface area contributed by atoms with Gasteiger partial charge in [0, 0.05) is 11.4 Å². The van der Waals surface area contributed by atoms with Crippen molar-refractivity contribution in [1.29, 1.82) is 0 Å². The minimum absolute atomic E-state index is 0.251. The van der Waals surface area contributed by atoms with Crippen molar-refractivity contribution in [3.05, 3.63) is 46.8 Å². The highest BCUT2D eigenvalue weighted by Crippen LogP contribution is 2.25. The number of rotatable bonds is 9. The Balaban J connectivity index is 2.33. The maximum atomic E-state index is 12.7. The summed E-state index contributed by atoms with van der Waals surface area (Å²) in [7, 11) is 0. The van der Waals surface area contributed by atoms with Crippen LogP contribution in [0.1, 0.15) is 73.6 Å². The zero-order valence-corrected chi connectivity index (χ0v) is 18.7. The van der Waals surface area contributed by atoms with E-state index < -0.39 is 17.5 Å². The average molecular weight is 417 g/mol. The van der Waals surface area contributed by atoms with E-state index in [0.717, 1.165) is 11.4 Å². The number of benzene rings is 1. The van der Waals surface area contributed by atoms with Crippen molar-refractivity contribution in [1.82, 2.24) is 4.98 Å². The van der Waals surface area contributed by atoms with Gasteiger partial charge in [0.05, 0.1) is 25.3 Å². The third-order valence-corrected chi connectivity index (χ3v) is 4.25. The fourth-order valence-corrected chi connectivity index (χ4v) is 3.06. The molecule has 2 aromatic rings. The Labute approximate surface area is 178 Å². The third kappa shape index (κ3) is 6.02. The molecule has 0 aliphatic carbocycles. The summed E-state index contributed by atoms with van der Waals surface area (Å²) in [6.45, 7) is 12.2. The lowest BCUT2D eigenvalue weighted by Gasteiger charge is -2.19. The second kappa shape index (κ2) is 10.2. The Morgan fingerprint density at radius 3 is 2.20 bits per heavy atom. The number of carbonyl (C=O) groups is 2. The zero-order chi connectivity index (χ0) is 22.3. The SMILES string of the molecule is CCOC(=O)c1c(CNc2ccc(OCC)cc2)[nH]c(C(=O)OC(C)(C)C)c1CC. The Morgan fingerprint density at radius 2 is 1.67 bits per heavy atom. The molecular weight excluding hydrogens is 384 g/mol. The van der Waals surface area contributed by atoms with Gasteiger partial charge < -0.3 is 24.5 Å².